The number of fused-ring (bicyclic) bond motifs is 1. The third-order valence-electron chi connectivity index (χ3n) is 4.68. The average molecular weight is 352 g/mol. The maximum absolute atomic E-state index is 6.37. The number of nitrogens with zero attached hydrogens (tertiary/aromatic N) is 3. The first kappa shape index (κ1) is 16.9. The minimum atomic E-state index is -1.04. The summed E-state index contributed by atoms with van der Waals surface area (Å²) in [6.45, 7) is 11.4. The summed E-state index contributed by atoms with van der Waals surface area (Å²) in [7, 11) is -1.04. The van der Waals surface area contributed by atoms with E-state index >= 15 is 0 Å². The van der Waals surface area contributed by atoms with Crippen molar-refractivity contribution in [2.45, 2.75) is 58.7 Å². The van der Waals surface area contributed by atoms with Crippen molar-refractivity contribution in [2.24, 2.45) is 11.3 Å². The maximum Gasteiger partial charge on any atom is 0.171 e. The summed E-state index contributed by atoms with van der Waals surface area (Å²) < 4.78 is 8.46. The Kier molecular flexibility index (Phi) is 4.55. The molecule has 1 saturated carbocycles. The Bertz CT molecular complexity index is 689. The highest BCUT2D eigenvalue weighted by Gasteiger charge is 2.43. The lowest BCUT2D eigenvalue weighted by Gasteiger charge is -2.46. The number of halogens is 1. The topological polar surface area (TPSA) is 39.4 Å². The molecule has 4 nitrogen and oxygen atoms in total. The van der Waals surface area contributed by atoms with Gasteiger partial charge in [0.1, 0.15) is 11.3 Å². The van der Waals surface area contributed by atoms with Crippen molar-refractivity contribution >= 4 is 26.2 Å². The zero-order valence-electron chi connectivity index (χ0n) is 14.6. The molecule has 2 aromatic rings. The van der Waals surface area contributed by atoms with Gasteiger partial charge in [0, 0.05) is 18.3 Å². The van der Waals surface area contributed by atoms with Crippen LogP contribution in [0.3, 0.4) is 0 Å². The van der Waals surface area contributed by atoms with Gasteiger partial charge in [0.15, 0.2) is 14.2 Å². The fraction of sp³-hybridized carbons (Fsp3) is 0.647. The molecule has 0 radical (unpaired) electrons. The van der Waals surface area contributed by atoms with Crippen LogP contribution in [0.1, 0.15) is 45.4 Å². The fourth-order valence-electron chi connectivity index (χ4n) is 3.65. The molecule has 0 spiro atoms. The van der Waals surface area contributed by atoms with Crippen molar-refractivity contribution in [2.75, 3.05) is 0 Å². The number of rotatable bonds is 4. The van der Waals surface area contributed by atoms with Crippen LogP contribution in [0.25, 0.3) is 5.52 Å². The standard InChI is InChI=1S/C17H26ClN3OSi/c1-17(2,3)14(22-23(4)5)11-8-12(9-11)16-20-10-13-15(18)19-6-7-21(13)16/h6-7,10-12,14,23H,8-9H2,1-5H3. The third kappa shape index (κ3) is 3.32. The van der Waals surface area contributed by atoms with Gasteiger partial charge >= 0.3 is 0 Å². The van der Waals surface area contributed by atoms with Crippen molar-refractivity contribution in [1.82, 2.24) is 14.4 Å². The summed E-state index contributed by atoms with van der Waals surface area (Å²) in [5, 5.41) is 0.517. The first-order valence-corrected chi connectivity index (χ1v) is 11.6. The Balaban J connectivity index is 1.75. The molecular weight excluding hydrogens is 326 g/mol. The summed E-state index contributed by atoms with van der Waals surface area (Å²) in [6, 6.07) is 0. The lowest BCUT2D eigenvalue weighted by Crippen LogP contribution is -2.44. The first-order chi connectivity index (χ1) is 10.8. The van der Waals surface area contributed by atoms with Gasteiger partial charge in [0.25, 0.3) is 0 Å². The van der Waals surface area contributed by atoms with Gasteiger partial charge in [-0.15, -0.1) is 0 Å². The lowest BCUT2D eigenvalue weighted by atomic mass is 9.66. The molecule has 1 atom stereocenters. The second-order valence-electron chi connectivity index (χ2n) is 7.99. The molecule has 0 saturated heterocycles. The fourth-order valence-corrected chi connectivity index (χ4v) is 5.07. The minimum Gasteiger partial charge on any atom is -0.417 e. The van der Waals surface area contributed by atoms with Crippen LogP contribution in [0.2, 0.25) is 18.2 Å². The second kappa shape index (κ2) is 6.19. The zero-order chi connectivity index (χ0) is 16.8. The molecule has 0 aromatic carbocycles. The van der Waals surface area contributed by atoms with E-state index in [0.717, 1.165) is 24.2 Å². The SMILES string of the molecule is C[SiH](C)OC(C1CC(c2ncc3c(Cl)nccn23)C1)C(C)(C)C. The Morgan fingerprint density at radius 3 is 2.61 bits per heavy atom. The molecule has 126 valence electrons. The van der Waals surface area contributed by atoms with Gasteiger partial charge in [-0.05, 0) is 37.3 Å². The van der Waals surface area contributed by atoms with Crippen LogP contribution in [0.15, 0.2) is 18.6 Å². The normalized spacial score (nSPS) is 23.3. The van der Waals surface area contributed by atoms with Crippen molar-refractivity contribution < 1.29 is 4.43 Å². The Morgan fingerprint density at radius 1 is 1.30 bits per heavy atom. The van der Waals surface area contributed by atoms with Crippen LogP contribution >= 0.6 is 11.6 Å². The van der Waals surface area contributed by atoms with E-state index in [-0.39, 0.29) is 5.41 Å². The highest BCUT2D eigenvalue weighted by atomic mass is 35.5. The summed E-state index contributed by atoms with van der Waals surface area (Å²) >= 11 is 6.15. The van der Waals surface area contributed by atoms with Crippen LogP contribution in [0.4, 0.5) is 0 Å². The number of imidazole rings is 1. The molecule has 6 heteroatoms. The van der Waals surface area contributed by atoms with Gasteiger partial charge in [0.05, 0.1) is 12.3 Å². The molecular formula is C17H26ClN3OSi. The molecule has 0 bridgehead atoms. The van der Waals surface area contributed by atoms with Gasteiger partial charge in [-0.25, -0.2) is 9.97 Å². The molecule has 23 heavy (non-hydrogen) atoms. The van der Waals surface area contributed by atoms with E-state index in [0.29, 0.717) is 23.1 Å². The molecule has 1 fully saturated rings. The summed E-state index contributed by atoms with van der Waals surface area (Å²) in [6.07, 6.45) is 8.15. The molecule has 1 aliphatic rings. The molecule has 0 amide bonds. The summed E-state index contributed by atoms with van der Waals surface area (Å²) in [5.41, 5.74) is 1.08. The van der Waals surface area contributed by atoms with E-state index < -0.39 is 9.04 Å². The number of aromatic nitrogens is 3. The Morgan fingerprint density at radius 2 is 2.00 bits per heavy atom. The smallest absolute Gasteiger partial charge is 0.171 e. The third-order valence-corrected chi connectivity index (χ3v) is 5.81. The van der Waals surface area contributed by atoms with E-state index in [1.165, 1.54) is 0 Å². The van der Waals surface area contributed by atoms with Gasteiger partial charge in [-0.2, -0.15) is 0 Å². The van der Waals surface area contributed by atoms with E-state index in [1.807, 2.05) is 12.4 Å². The Hall–Kier alpha value is -0.913. The number of hydrogen-bond donors (Lipinski definition) is 0. The Labute approximate surface area is 145 Å². The van der Waals surface area contributed by atoms with E-state index in [9.17, 15) is 0 Å². The second-order valence-corrected chi connectivity index (χ2v) is 10.7. The molecule has 1 unspecified atom stereocenters. The predicted octanol–water partition coefficient (Wildman–Crippen LogP) is 4.29. The van der Waals surface area contributed by atoms with Crippen molar-refractivity contribution in [3.05, 3.63) is 29.6 Å². The largest absolute Gasteiger partial charge is 0.417 e. The van der Waals surface area contributed by atoms with Crippen LogP contribution in [-0.4, -0.2) is 29.5 Å². The zero-order valence-corrected chi connectivity index (χ0v) is 16.5. The minimum absolute atomic E-state index is 0.189. The maximum atomic E-state index is 6.37. The molecule has 3 rings (SSSR count). The average Bonchev–Trinajstić information content (AvgIpc) is 2.80. The highest BCUT2D eigenvalue weighted by molar-refractivity contribution is 6.48. The quantitative estimate of drug-likeness (QED) is 0.771. The lowest BCUT2D eigenvalue weighted by molar-refractivity contribution is -0.00947. The van der Waals surface area contributed by atoms with Crippen LogP contribution < -0.4 is 0 Å². The predicted molar refractivity (Wildman–Crippen MR) is 96.7 cm³/mol. The molecule has 0 N–H and O–H groups in total. The first-order valence-electron chi connectivity index (χ1n) is 8.40. The van der Waals surface area contributed by atoms with Gasteiger partial charge in [0.2, 0.25) is 0 Å². The molecule has 0 aliphatic heterocycles. The van der Waals surface area contributed by atoms with Gasteiger partial charge < -0.3 is 4.43 Å². The van der Waals surface area contributed by atoms with Crippen LogP contribution in [-0.2, 0) is 4.43 Å². The van der Waals surface area contributed by atoms with Crippen molar-refractivity contribution in [1.29, 1.82) is 0 Å². The van der Waals surface area contributed by atoms with Crippen molar-refractivity contribution in [3.8, 4) is 0 Å². The molecule has 2 aromatic heterocycles. The van der Waals surface area contributed by atoms with E-state index in [1.54, 1.807) is 6.20 Å². The van der Waals surface area contributed by atoms with E-state index in [2.05, 4.69) is 48.2 Å². The van der Waals surface area contributed by atoms with Gasteiger partial charge in [-0.1, -0.05) is 32.4 Å². The molecule has 1 aliphatic carbocycles. The summed E-state index contributed by atoms with van der Waals surface area (Å²) in [4.78, 5) is 8.72. The number of hydrogen-bond acceptors (Lipinski definition) is 3. The monoisotopic (exact) mass is 351 g/mol. The molecule has 2 heterocycles. The van der Waals surface area contributed by atoms with Crippen molar-refractivity contribution in [3.63, 3.8) is 0 Å². The van der Waals surface area contributed by atoms with Crippen LogP contribution in [0.5, 0.6) is 0 Å². The van der Waals surface area contributed by atoms with E-state index in [4.69, 9.17) is 16.0 Å². The summed E-state index contributed by atoms with van der Waals surface area (Å²) in [5.74, 6) is 2.22. The van der Waals surface area contributed by atoms with Crippen LogP contribution in [0, 0.1) is 11.3 Å². The highest BCUT2D eigenvalue weighted by Crippen LogP contribution is 2.47. The van der Waals surface area contributed by atoms with Gasteiger partial charge in [-0.3, -0.25) is 4.40 Å².